The van der Waals surface area contributed by atoms with Crippen molar-refractivity contribution < 1.29 is 9.53 Å². The van der Waals surface area contributed by atoms with E-state index in [1.807, 2.05) is 32.9 Å². The summed E-state index contributed by atoms with van der Waals surface area (Å²) in [7, 11) is 0. The Morgan fingerprint density at radius 2 is 2.00 bits per heavy atom. The molecule has 1 saturated heterocycles. The van der Waals surface area contributed by atoms with Gasteiger partial charge in [0.2, 0.25) is 0 Å². The van der Waals surface area contributed by atoms with Gasteiger partial charge in [0.15, 0.2) is 5.49 Å². The molecule has 8 heteroatoms. The number of aromatic nitrogens is 3. The van der Waals surface area contributed by atoms with Gasteiger partial charge >= 0.3 is 0 Å². The molecule has 1 aromatic carbocycles. The van der Waals surface area contributed by atoms with Crippen LogP contribution in [0.5, 0.6) is 0 Å². The number of hydrogen-bond acceptors (Lipinski definition) is 5. The third-order valence-electron chi connectivity index (χ3n) is 6.60. The smallest absolute Gasteiger partial charge is 0.279 e. The van der Waals surface area contributed by atoms with Crippen molar-refractivity contribution in [3.63, 3.8) is 0 Å². The molecule has 1 aliphatic heterocycles. The van der Waals surface area contributed by atoms with Crippen LogP contribution in [0.3, 0.4) is 0 Å². The van der Waals surface area contributed by atoms with Crippen LogP contribution in [0, 0.1) is 32.1 Å². The molecule has 0 radical (unpaired) electrons. The SMILES string of the molecule is Cc1ccc(C(=O)N=c2c(C#N)cc3c(=O)n4cccc(C)c4nc3n2C[C@H]2CCCO2)cc1C. The molecule has 8 nitrogen and oxygen atoms in total. The predicted octanol–water partition coefficient (Wildman–Crippen LogP) is 3.37. The van der Waals surface area contributed by atoms with E-state index in [4.69, 9.17) is 9.72 Å². The number of ether oxygens (including phenoxy) is 1. The fraction of sp³-hybridized carbons (Fsp3) is 0.296. The second kappa shape index (κ2) is 8.93. The largest absolute Gasteiger partial charge is 0.376 e. The highest BCUT2D eigenvalue weighted by molar-refractivity contribution is 5.95. The molecular weight excluding hydrogens is 442 g/mol. The molecule has 1 atom stereocenters. The van der Waals surface area contributed by atoms with Gasteiger partial charge in [-0.1, -0.05) is 12.1 Å². The van der Waals surface area contributed by atoms with Gasteiger partial charge < -0.3 is 9.30 Å². The van der Waals surface area contributed by atoms with Crippen LogP contribution in [0.15, 0.2) is 52.4 Å². The summed E-state index contributed by atoms with van der Waals surface area (Å²) in [4.78, 5) is 35.8. The van der Waals surface area contributed by atoms with Gasteiger partial charge in [0, 0.05) is 18.4 Å². The summed E-state index contributed by atoms with van der Waals surface area (Å²) in [5.41, 5.74) is 4.26. The first-order valence-electron chi connectivity index (χ1n) is 11.6. The fourth-order valence-electron chi connectivity index (χ4n) is 4.49. The van der Waals surface area contributed by atoms with Crippen molar-refractivity contribution in [2.75, 3.05) is 6.61 Å². The number of fused-ring (bicyclic) bond motifs is 2. The molecular formula is C27H25N5O3. The Morgan fingerprint density at radius 3 is 2.71 bits per heavy atom. The molecule has 1 fully saturated rings. The molecule has 5 rings (SSSR count). The van der Waals surface area contributed by atoms with E-state index in [2.05, 4.69) is 11.1 Å². The van der Waals surface area contributed by atoms with Crippen molar-refractivity contribution in [3.8, 4) is 6.07 Å². The molecule has 0 spiro atoms. The topological polar surface area (TPSA) is 102 Å². The number of carbonyl (C=O) groups excluding carboxylic acids is 1. The highest BCUT2D eigenvalue weighted by Crippen LogP contribution is 2.18. The van der Waals surface area contributed by atoms with Gasteiger partial charge in [-0.05, 0) is 74.6 Å². The summed E-state index contributed by atoms with van der Waals surface area (Å²) in [6.45, 7) is 6.78. The number of hydrogen-bond donors (Lipinski definition) is 0. The van der Waals surface area contributed by atoms with Crippen molar-refractivity contribution in [3.05, 3.63) is 86.3 Å². The lowest BCUT2D eigenvalue weighted by atomic mass is 10.1. The van der Waals surface area contributed by atoms with Crippen molar-refractivity contribution >= 4 is 22.6 Å². The Labute approximate surface area is 201 Å². The molecule has 0 aliphatic carbocycles. The molecule has 0 bridgehead atoms. The van der Waals surface area contributed by atoms with E-state index in [9.17, 15) is 14.9 Å². The lowest BCUT2D eigenvalue weighted by molar-refractivity contribution is 0.0952. The number of amides is 1. The van der Waals surface area contributed by atoms with E-state index in [0.717, 1.165) is 29.5 Å². The fourth-order valence-corrected chi connectivity index (χ4v) is 4.49. The van der Waals surface area contributed by atoms with E-state index in [0.29, 0.717) is 35.4 Å². The molecule has 1 amide bonds. The minimum Gasteiger partial charge on any atom is -0.376 e. The van der Waals surface area contributed by atoms with Gasteiger partial charge in [-0.25, -0.2) is 4.98 Å². The maximum absolute atomic E-state index is 13.4. The second-order valence-corrected chi connectivity index (χ2v) is 8.99. The maximum Gasteiger partial charge on any atom is 0.279 e. The molecule has 176 valence electrons. The maximum atomic E-state index is 13.4. The summed E-state index contributed by atoms with van der Waals surface area (Å²) in [5, 5.41) is 10.3. The Kier molecular flexibility index (Phi) is 5.79. The van der Waals surface area contributed by atoms with Crippen molar-refractivity contribution in [2.45, 2.75) is 46.3 Å². The lowest BCUT2D eigenvalue weighted by Crippen LogP contribution is -2.33. The molecule has 4 heterocycles. The van der Waals surface area contributed by atoms with Crippen LogP contribution >= 0.6 is 0 Å². The zero-order valence-electron chi connectivity index (χ0n) is 19.9. The number of aryl methyl sites for hydroxylation is 3. The Morgan fingerprint density at radius 1 is 1.17 bits per heavy atom. The molecule has 3 aromatic heterocycles. The van der Waals surface area contributed by atoms with Gasteiger partial charge in [0.05, 0.1) is 23.6 Å². The molecule has 4 aromatic rings. The van der Waals surface area contributed by atoms with E-state index in [1.165, 1.54) is 10.5 Å². The second-order valence-electron chi connectivity index (χ2n) is 8.99. The Balaban J connectivity index is 1.84. The van der Waals surface area contributed by atoms with Crippen molar-refractivity contribution in [1.82, 2.24) is 14.0 Å². The standard InChI is InChI=1S/C27H25N5O3/c1-16-8-9-19(12-18(16)3)26(33)30-24-20(14-28)13-22-25(32(24)15-21-7-5-11-35-21)29-23-17(2)6-4-10-31(23)27(22)34/h4,6,8-10,12-13,21H,5,7,11,15H2,1-3H3/t21-/m1/s1. The third-order valence-corrected chi connectivity index (χ3v) is 6.60. The van der Waals surface area contributed by atoms with Gasteiger partial charge in [0.25, 0.3) is 11.5 Å². The first-order valence-corrected chi connectivity index (χ1v) is 11.6. The van der Waals surface area contributed by atoms with Crippen LogP contribution in [0.4, 0.5) is 0 Å². The first kappa shape index (κ1) is 22.7. The number of carbonyl (C=O) groups is 1. The summed E-state index contributed by atoms with van der Waals surface area (Å²) < 4.78 is 9.04. The highest BCUT2D eigenvalue weighted by atomic mass is 16.5. The molecule has 0 saturated carbocycles. The van der Waals surface area contributed by atoms with Crippen LogP contribution in [-0.2, 0) is 11.3 Å². The third kappa shape index (κ3) is 4.04. The van der Waals surface area contributed by atoms with Gasteiger partial charge in [-0.3, -0.25) is 14.0 Å². The molecule has 0 N–H and O–H groups in total. The van der Waals surface area contributed by atoms with E-state index < -0.39 is 5.91 Å². The average Bonchev–Trinajstić information content (AvgIpc) is 3.36. The number of benzene rings is 1. The summed E-state index contributed by atoms with van der Waals surface area (Å²) in [6, 6.07) is 12.7. The summed E-state index contributed by atoms with van der Waals surface area (Å²) >= 11 is 0. The zero-order chi connectivity index (χ0) is 24.7. The zero-order valence-corrected chi connectivity index (χ0v) is 19.9. The Bertz CT molecular complexity index is 1670. The van der Waals surface area contributed by atoms with Crippen LogP contribution in [0.1, 0.15) is 45.5 Å². The van der Waals surface area contributed by atoms with Gasteiger partial charge in [-0.2, -0.15) is 10.3 Å². The minimum absolute atomic E-state index is 0.125. The summed E-state index contributed by atoms with van der Waals surface area (Å²) in [6.07, 6.45) is 3.30. The molecule has 35 heavy (non-hydrogen) atoms. The van der Waals surface area contributed by atoms with Crippen molar-refractivity contribution in [2.24, 2.45) is 4.99 Å². The Hall–Kier alpha value is -4.09. The average molecular weight is 468 g/mol. The predicted molar refractivity (Wildman–Crippen MR) is 131 cm³/mol. The van der Waals surface area contributed by atoms with E-state index in [-0.39, 0.29) is 22.7 Å². The molecule has 1 aliphatic rings. The monoisotopic (exact) mass is 467 g/mol. The van der Waals surface area contributed by atoms with Crippen molar-refractivity contribution in [1.29, 1.82) is 5.26 Å². The lowest BCUT2D eigenvalue weighted by Gasteiger charge is -2.17. The van der Waals surface area contributed by atoms with E-state index in [1.54, 1.807) is 29.0 Å². The highest BCUT2D eigenvalue weighted by Gasteiger charge is 2.21. The number of rotatable bonds is 3. The van der Waals surface area contributed by atoms with Gasteiger partial charge in [0.1, 0.15) is 17.4 Å². The first-order chi connectivity index (χ1) is 16.9. The van der Waals surface area contributed by atoms with Gasteiger partial charge in [-0.15, -0.1) is 0 Å². The number of nitriles is 1. The van der Waals surface area contributed by atoms with Crippen LogP contribution in [0.25, 0.3) is 16.7 Å². The number of pyridine rings is 2. The van der Waals surface area contributed by atoms with Crippen LogP contribution in [-0.4, -0.2) is 32.6 Å². The van der Waals surface area contributed by atoms with Crippen LogP contribution < -0.4 is 11.0 Å². The normalized spacial score (nSPS) is 16.2. The van der Waals surface area contributed by atoms with Crippen LogP contribution in [0.2, 0.25) is 0 Å². The summed E-state index contributed by atoms with van der Waals surface area (Å²) in [5.74, 6) is -0.460. The van der Waals surface area contributed by atoms with E-state index >= 15 is 0 Å². The minimum atomic E-state index is -0.460. The number of nitrogens with zero attached hydrogens (tertiary/aromatic N) is 5. The quantitative estimate of drug-likeness (QED) is 0.430. The molecule has 0 unspecified atom stereocenters.